The quantitative estimate of drug-likeness (QED) is 0.657. The van der Waals surface area contributed by atoms with Gasteiger partial charge < -0.3 is 16.2 Å². The van der Waals surface area contributed by atoms with Crippen LogP contribution in [0.15, 0.2) is 24.3 Å². The molecule has 144 valence electrons. The van der Waals surface area contributed by atoms with Crippen LogP contribution in [0.5, 0.6) is 6.01 Å². The first-order valence-electron chi connectivity index (χ1n) is 8.72. The van der Waals surface area contributed by atoms with Crippen LogP contribution in [-0.4, -0.2) is 28.3 Å². The van der Waals surface area contributed by atoms with Gasteiger partial charge in [0.1, 0.15) is 15.5 Å². The molecule has 0 unspecified atom stereocenters. The molecule has 1 aromatic carbocycles. The van der Waals surface area contributed by atoms with Crippen molar-refractivity contribution < 1.29 is 14.3 Å². The molecule has 4 rings (SSSR count). The van der Waals surface area contributed by atoms with Gasteiger partial charge in [-0.15, -0.1) is 11.3 Å². The van der Waals surface area contributed by atoms with Gasteiger partial charge in [0.2, 0.25) is 0 Å². The fourth-order valence-corrected chi connectivity index (χ4v) is 4.45. The summed E-state index contributed by atoms with van der Waals surface area (Å²) in [6.07, 6.45) is 1.91. The molecule has 9 heteroatoms. The average Bonchev–Trinajstić information content (AvgIpc) is 3.22. The van der Waals surface area contributed by atoms with Crippen LogP contribution in [0.3, 0.4) is 0 Å². The van der Waals surface area contributed by atoms with Crippen LogP contribution in [-0.2, 0) is 4.79 Å². The van der Waals surface area contributed by atoms with Crippen LogP contribution < -0.4 is 16.2 Å². The van der Waals surface area contributed by atoms with E-state index in [-0.39, 0.29) is 28.3 Å². The molecule has 1 saturated carbocycles. The van der Waals surface area contributed by atoms with Gasteiger partial charge in [-0.2, -0.15) is 9.97 Å². The number of amides is 1. The molecule has 28 heavy (non-hydrogen) atoms. The Kier molecular flexibility index (Phi) is 4.91. The highest BCUT2D eigenvalue weighted by molar-refractivity contribution is 7.21. The molecular formula is C19H17ClN4O3S. The molecule has 0 saturated heterocycles. The van der Waals surface area contributed by atoms with E-state index in [1.54, 1.807) is 18.2 Å². The number of ketones is 1. The van der Waals surface area contributed by atoms with E-state index >= 15 is 0 Å². The molecule has 4 N–H and O–H groups in total. The van der Waals surface area contributed by atoms with Crippen molar-refractivity contribution in [2.24, 2.45) is 11.7 Å². The van der Waals surface area contributed by atoms with Crippen LogP contribution in [0, 0.1) is 5.92 Å². The fourth-order valence-electron chi connectivity index (χ4n) is 3.32. The molecule has 0 bridgehead atoms. The number of carbonyl (C=O) groups is 2. The average molecular weight is 417 g/mol. The zero-order valence-corrected chi connectivity index (χ0v) is 16.3. The molecule has 0 aliphatic heterocycles. The number of rotatable bonds is 5. The normalized spacial score (nSPS) is 16.6. The van der Waals surface area contributed by atoms with Crippen molar-refractivity contribution in [3.63, 3.8) is 0 Å². The van der Waals surface area contributed by atoms with Gasteiger partial charge in [0.15, 0.2) is 0 Å². The number of thiophene rings is 1. The minimum atomic E-state index is -0.621. The predicted octanol–water partition coefficient (Wildman–Crippen LogP) is 3.44. The monoisotopic (exact) mass is 416 g/mol. The van der Waals surface area contributed by atoms with Crippen molar-refractivity contribution in [3.05, 3.63) is 34.2 Å². The van der Waals surface area contributed by atoms with Gasteiger partial charge in [-0.3, -0.25) is 9.59 Å². The summed E-state index contributed by atoms with van der Waals surface area (Å²) in [5.74, 6) is -0.206. The topological polar surface area (TPSA) is 121 Å². The van der Waals surface area contributed by atoms with Crippen molar-refractivity contribution in [2.45, 2.75) is 19.3 Å². The number of anilines is 1. The van der Waals surface area contributed by atoms with E-state index in [9.17, 15) is 9.59 Å². The molecule has 1 amide bonds. The summed E-state index contributed by atoms with van der Waals surface area (Å²) >= 11 is 7.23. The number of ether oxygens (including phenoxy) is 1. The maximum atomic E-state index is 11.7. The Morgan fingerprint density at radius 1 is 1.36 bits per heavy atom. The zero-order chi connectivity index (χ0) is 19.8. The van der Waals surface area contributed by atoms with Crippen LogP contribution in [0.25, 0.3) is 21.5 Å². The summed E-state index contributed by atoms with van der Waals surface area (Å²) in [6.45, 7) is 0.357. The van der Waals surface area contributed by atoms with Gasteiger partial charge in [-0.05, 0) is 18.6 Å². The number of benzene rings is 1. The molecule has 1 atom stereocenters. The molecule has 1 fully saturated rings. The molecule has 2 heterocycles. The molecule has 1 aliphatic rings. The SMILES string of the molecule is NC(=O)c1sc2nc(OC[C@H]3CCC(=O)C3)nc(-c3cccc(Cl)c3)c2c1N. The first kappa shape index (κ1) is 18.6. The molecule has 1 aliphatic carbocycles. The number of primary amides is 1. The standard InChI is InChI=1S/C19H17ClN4O3S/c20-11-3-1-2-10(7-11)15-13-14(21)16(17(22)26)28-18(13)24-19(23-15)27-8-9-4-5-12(25)6-9/h1-3,7,9H,4-6,8,21H2,(H2,22,26)/t9-/m0/s1. The Labute approximate surface area is 169 Å². The van der Waals surface area contributed by atoms with Crippen molar-refractivity contribution in [1.29, 1.82) is 0 Å². The van der Waals surface area contributed by atoms with E-state index in [0.29, 0.717) is 40.4 Å². The highest BCUT2D eigenvalue weighted by Gasteiger charge is 2.24. The van der Waals surface area contributed by atoms with Crippen LogP contribution >= 0.6 is 22.9 Å². The summed E-state index contributed by atoms with van der Waals surface area (Å²) in [5.41, 5.74) is 13.1. The molecule has 2 aromatic heterocycles. The fraction of sp³-hybridized carbons (Fsp3) is 0.263. The second-order valence-electron chi connectivity index (χ2n) is 6.71. The number of aromatic nitrogens is 2. The lowest BCUT2D eigenvalue weighted by Gasteiger charge is -2.11. The molecule has 7 nitrogen and oxygen atoms in total. The van der Waals surface area contributed by atoms with E-state index in [2.05, 4.69) is 9.97 Å². The van der Waals surface area contributed by atoms with Gasteiger partial charge >= 0.3 is 6.01 Å². The van der Waals surface area contributed by atoms with Crippen molar-refractivity contribution in [2.75, 3.05) is 12.3 Å². The molecule has 0 spiro atoms. The van der Waals surface area contributed by atoms with Gasteiger partial charge in [-0.25, -0.2) is 0 Å². The van der Waals surface area contributed by atoms with Crippen LogP contribution in [0.4, 0.5) is 5.69 Å². The number of halogens is 1. The van der Waals surface area contributed by atoms with E-state index in [0.717, 1.165) is 23.3 Å². The maximum Gasteiger partial charge on any atom is 0.318 e. The number of nitrogen functional groups attached to an aromatic ring is 1. The largest absolute Gasteiger partial charge is 0.463 e. The Morgan fingerprint density at radius 2 is 2.18 bits per heavy atom. The van der Waals surface area contributed by atoms with E-state index < -0.39 is 5.91 Å². The third kappa shape index (κ3) is 3.53. The number of nitrogens with two attached hydrogens (primary N) is 2. The Bertz CT molecular complexity index is 1100. The summed E-state index contributed by atoms with van der Waals surface area (Å²) in [7, 11) is 0. The first-order chi connectivity index (χ1) is 13.4. The minimum Gasteiger partial charge on any atom is -0.463 e. The van der Waals surface area contributed by atoms with E-state index in [4.69, 9.17) is 27.8 Å². The Morgan fingerprint density at radius 3 is 2.86 bits per heavy atom. The summed E-state index contributed by atoms with van der Waals surface area (Å²) in [6, 6.07) is 7.31. The second-order valence-corrected chi connectivity index (χ2v) is 8.15. The molecule has 3 aromatic rings. The number of nitrogens with zero attached hydrogens (tertiary/aromatic N) is 2. The Hall–Kier alpha value is -2.71. The van der Waals surface area contributed by atoms with Crippen molar-refractivity contribution in [1.82, 2.24) is 9.97 Å². The summed E-state index contributed by atoms with van der Waals surface area (Å²) in [5, 5.41) is 1.09. The van der Waals surface area contributed by atoms with Crippen LogP contribution in [0.1, 0.15) is 28.9 Å². The van der Waals surface area contributed by atoms with E-state index in [1.165, 1.54) is 0 Å². The molecule has 0 radical (unpaired) electrons. The van der Waals surface area contributed by atoms with Crippen molar-refractivity contribution in [3.8, 4) is 17.3 Å². The lowest BCUT2D eigenvalue weighted by molar-refractivity contribution is -0.117. The van der Waals surface area contributed by atoms with Crippen molar-refractivity contribution >= 4 is 50.5 Å². The van der Waals surface area contributed by atoms with Gasteiger partial charge in [0.25, 0.3) is 5.91 Å². The number of carbonyl (C=O) groups excluding carboxylic acids is 2. The third-order valence-electron chi connectivity index (χ3n) is 4.69. The number of hydrogen-bond acceptors (Lipinski definition) is 7. The van der Waals surface area contributed by atoms with Crippen LogP contribution in [0.2, 0.25) is 5.02 Å². The summed E-state index contributed by atoms with van der Waals surface area (Å²) < 4.78 is 5.79. The zero-order valence-electron chi connectivity index (χ0n) is 14.8. The summed E-state index contributed by atoms with van der Waals surface area (Å²) in [4.78, 5) is 32.9. The lowest BCUT2D eigenvalue weighted by Crippen LogP contribution is -2.11. The first-order valence-corrected chi connectivity index (χ1v) is 9.92. The number of Topliss-reactive ketones (excluding diaryl/α,β-unsaturated/α-hetero) is 1. The van der Waals surface area contributed by atoms with Gasteiger partial charge in [0, 0.05) is 29.3 Å². The predicted molar refractivity (Wildman–Crippen MR) is 109 cm³/mol. The smallest absolute Gasteiger partial charge is 0.318 e. The number of fused-ring (bicyclic) bond motifs is 1. The highest BCUT2D eigenvalue weighted by Crippen LogP contribution is 2.39. The lowest BCUT2D eigenvalue weighted by atomic mass is 10.1. The minimum absolute atomic E-state index is 0.163. The second kappa shape index (κ2) is 7.37. The maximum absolute atomic E-state index is 11.7. The van der Waals surface area contributed by atoms with E-state index in [1.807, 2.05) is 6.07 Å². The molecular weight excluding hydrogens is 400 g/mol. The van der Waals surface area contributed by atoms with Gasteiger partial charge in [0.05, 0.1) is 23.4 Å². The van der Waals surface area contributed by atoms with Gasteiger partial charge in [-0.1, -0.05) is 23.7 Å². The third-order valence-corrected chi connectivity index (χ3v) is 6.03. The highest BCUT2D eigenvalue weighted by atomic mass is 35.5. The number of hydrogen-bond donors (Lipinski definition) is 2. The Balaban J connectivity index is 1.79.